The van der Waals surface area contributed by atoms with Crippen molar-refractivity contribution in [2.75, 3.05) is 4.90 Å². The van der Waals surface area contributed by atoms with Crippen molar-refractivity contribution in [2.45, 2.75) is 71.6 Å². The zero-order valence-electron chi connectivity index (χ0n) is 30.0. The predicted molar refractivity (Wildman–Crippen MR) is 214 cm³/mol. The van der Waals surface area contributed by atoms with Gasteiger partial charge in [-0.05, 0) is 104 Å². The lowest BCUT2D eigenvalue weighted by molar-refractivity contribution is 0.590. The molecule has 0 radical (unpaired) electrons. The van der Waals surface area contributed by atoms with Crippen LogP contribution >= 0.6 is 11.3 Å². The van der Waals surface area contributed by atoms with Crippen LogP contribution in [0.3, 0.4) is 0 Å². The summed E-state index contributed by atoms with van der Waals surface area (Å²) < 4.78 is 2.71. The van der Waals surface area contributed by atoms with Crippen LogP contribution in [-0.2, 0) is 16.2 Å². The van der Waals surface area contributed by atoms with Crippen molar-refractivity contribution in [1.29, 1.82) is 0 Å². The van der Waals surface area contributed by atoms with E-state index in [2.05, 4.69) is 188 Å². The number of anilines is 3. The van der Waals surface area contributed by atoms with Crippen molar-refractivity contribution >= 4 is 48.6 Å². The van der Waals surface area contributed by atoms with Crippen molar-refractivity contribution in [3.05, 3.63) is 150 Å². The minimum absolute atomic E-state index is 0.0996. The van der Waals surface area contributed by atoms with Crippen LogP contribution in [0.2, 0.25) is 0 Å². The highest BCUT2D eigenvalue weighted by Gasteiger charge is 2.36. The maximum absolute atomic E-state index is 2.46. The maximum atomic E-state index is 2.46. The Morgan fingerprint density at radius 2 is 1.02 bits per heavy atom. The van der Waals surface area contributed by atoms with Gasteiger partial charge in [0.25, 0.3) is 0 Å². The molecule has 1 aliphatic rings. The molecular formula is C47H45NS. The molecule has 6 aromatic carbocycles. The van der Waals surface area contributed by atoms with Gasteiger partial charge in [-0.25, -0.2) is 0 Å². The molecular weight excluding hydrogens is 611 g/mol. The minimum atomic E-state index is -0.150. The summed E-state index contributed by atoms with van der Waals surface area (Å²) in [5, 5.41) is 2.69. The van der Waals surface area contributed by atoms with Crippen LogP contribution in [-0.4, -0.2) is 0 Å². The third-order valence-electron chi connectivity index (χ3n) is 10.6. The van der Waals surface area contributed by atoms with Crippen molar-refractivity contribution in [3.8, 4) is 22.3 Å². The zero-order valence-corrected chi connectivity index (χ0v) is 30.8. The van der Waals surface area contributed by atoms with Crippen LogP contribution in [0.25, 0.3) is 42.4 Å². The Balaban J connectivity index is 1.23. The fourth-order valence-corrected chi connectivity index (χ4v) is 8.91. The number of fused-ring (bicyclic) bond motifs is 6. The number of hydrogen-bond acceptors (Lipinski definition) is 2. The molecule has 0 amide bonds. The molecule has 0 atom stereocenters. The van der Waals surface area contributed by atoms with Crippen LogP contribution in [0.4, 0.5) is 17.1 Å². The zero-order chi connectivity index (χ0) is 34.3. The summed E-state index contributed by atoms with van der Waals surface area (Å²) in [6.45, 7) is 18.5. The second-order valence-electron chi connectivity index (χ2n) is 16.3. The molecule has 1 aromatic heterocycles. The lowest BCUT2D eigenvalue weighted by atomic mass is 9.81. The van der Waals surface area contributed by atoms with E-state index in [0.29, 0.717) is 0 Å². The van der Waals surface area contributed by atoms with Crippen molar-refractivity contribution in [3.63, 3.8) is 0 Å². The largest absolute Gasteiger partial charge is 0.310 e. The molecule has 0 saturated heterocycles. The van der Waals surface area contributed by atoms with Gasteiger partial charge in [-0.1, -0.05) is 134 Å². The average Bonchev–Trinajstić information content (AvgIpc) is 3.56. The Morgan fingerprint density at radius 1 is 0.490 bits per heavy atom. The summed E-state index contributed by atoms with van der Waals surface area (Å²) in [6.07, 6.45) is 0. The van der Waals surface area contributed by atoms with Crippen LogP contribution in [0, 0.1) is 0 Å². The predicted octanol–water partition coefficient (Wildman–Crippen LogP) is 14.1. The molecule has 0 unspecified atom stereocenters. The number of benzene rings is 6. The van der Waals surface area contributed by atoms with Crippen molar-refractivity contribution in [1.82, 2.24) is 0 Å². The number of hydrogen-bond donors (Lipinski definition) is 0. The van der Waals surface area contributed by atoms with E-state index in [1.54, 1.807) is 0 Å². The van der Waals surface area contributed by atoms with E-state index in [1.165, 1.54) is 81.7 Å². The molecule has 2 heteroatoms. The number of thiophene rings is 1. The Morgan fingerprint density at radius 3 is 1.63 bits per heavy atom. The molecule has 0 N–H and O–H groups in total. The Kier molecular flexibility index (Phi) is 7.21. The van der Waals surface area contributed by atoms with Crippen molar-refractivity contribution < 1.29 is 0 Å². The smallest absolute Gasteiger partial charge is 0.0465 e. The van der Waals surface area contributed by atoms with E-state index in [4.69, 9.17) is 0 Å². The molecule has 49 heavy (non-hydrogen) atoms. The van der Waals surface area contributed by atoms with Gasteiger partial charge < -0.3 is 4.90 Å². The van der Waals surface area contributed by atoms with Gasteiger partial charge in [0, 0.05) is 42.6 Å². The number of nitrogens with zero attached hydrogens (tertiary/aromatic N) is 1. The summed E-state index contributed by atoms with van der Waals surface area (Å²) in [5.41, 5.74) is 14.3. The van der Waals surface area contributed by atoms with E-state index in [9.17, 15) is 0 Å². The molecule has 1 heterocycles. The quantitative estimate of drug-likeness (QED) is 0.182. The molecule has 1 nitrogen and oxygen atoms in total. The first-order valence-electron chi connectivity index (χ1n) is 17.5. The molecule has 0 bridgehead atoms. The standard InChI is InChI=1S/C47H45NS/c1-45(2,3)31-17-21-33(22-18-31)48(34-23-19-32(20-24-34)46(4,5)6)35-25-27-38-37-26-16-30(28-41(37)47(7,8)42(38)29-35)36-13-11-14-40-39-12-9-10-15-43(39)49-44(36)40/h9-29H,1-8H3. The van der Waals surface area contributed by atoms with Gasteiger partial charge >= 0.3 is 0 Å². The van der Waals surface area contributed by atoms with E-state index < -0.39 is 0 Å². The van der Waals surface area contributed by atoms with Gasteiger partial charge in [-0.2, -0.15) is 0 Å². The Bertz CT molecular complexity index is 2300. The first kappa shape index (κ1) is 31.6. The molecule has 0 spiro atoms. The minimum Gasteiger partial charge on any atom is -0.310 e. The average molecular weight is 656 g/mol. The highest BCUT2D eigenvalue weighted by atomic mass is 32.1. The third kappa shape index (κ3) is 5.29. The molecule has 0 aliphatic heterocycles. The first-order chi connectivity index (χ1) is 23.3. The SMILES string of the molecule is CC(C)(C)c1ccc(N(c2ccc(C(C)(C)C)cc2)c2ccc3c(c2)C(C)(C)c2cc(-c4cccc5c4sc4ccccc45)ccc2-3)cc1. The second kappa shape index (κ2) is 11.2. The van der Waals surface area contributed by atoms with Crippen LogP contribution in [0.15, 0.2) is 127 Å². The van der Waals surface area contributed by atoms with E-state index in [-0.39, 0.29) is 16.2 Å². The van der Waals surface area contributed by atoms with Crippen LogP contribution in [0.5, 0.6) is 0 Å². The van der Waals surface area contributed by atoms with E-state index >= 15 is 0 Å². The highest BCUT2D eigenvalue weighted by molar-refractivity contribution is 7.26. The number of rotatable bonds is 4. The van der Waals surface area contributed by atoms with Crippen LogP contribution in [0.1, 0.15) is 77.6 Å². The Labute approximate surface area is 295 Å². The summed E-state index contributed by atoms with van der Waals surface area (Å²) in [5.74, 6) is 0. The maximum Gasteiger partial charge on any atom is 0.0465 e. The summed E-state index contributed by atoms with van der Waals surface area (Å²) >= 11 is 1.90. The van der Waals surface area contributed by atoms with E-state index in [0.717, 1.165) is 0 Å². The lowest BCUT2D eigenvalue weighted by Crippen LogP contribution is -2.17. The highest BCUT2D eigenvalue weighted by Crippen LogP contribution is 2.52. The van der Waals surface area contributed by atoms with Gasteiger partial charge in [0.05, 0.1) is 0 Å². The van der Waals surface area contributed by atoms with Gasteiger partial charge in [0.2, 0.25) is 0 Å². The fraction of sp³-hybridized carbons (Fsp3) is 0.234. The van der Waals surface area contributed by atoms with Gasteiger partial charge in [0.15, 0.2) is 0 Å². The third-order valence-corrected chi connectivity index (χ3v) is 11.8. The van der Waals surface area contributed by atoms with Gasteiger partial charge in [-0.3, -0.25) is 0 Å². The second-order valence-corrected chi connectivity index (χ2v) is 17.4. The molecule has 1 aliphatic carbocycles. The van der Waals surface area contributed by atoms with Gasteiger partial charge in [0.1, 0.15) is 0 Å². The molecule has 0 fully saturated rings. The normalized spacial score (nSPS) is 13.9. The summed E-state index contributed by atoms with van der Waals surface area (Å²) in [4.78, 5) is 2.42. The topological polar surface area (TPSA) is 3.24 Å². The Hall–Kier alpha value is -4.66. The monoisotopic (exact) mass is 655 g/mol. The first-order valence-corrected chi connectivity index (χ1v) is 18.3. The van der Waals surface area contributed by atoms with Crippen LogP contribution < -0.4 is 4.90 Å². The van der Waals surface area contributed by atoms with E-state index in [1.807, 2.05) is 11.3 Å². The molecule has 7 aromatic rings. The summed E-state index contributed by atoms with van der Waals surface area (Å²) in [6, 6.07) is 48.1. The summed E-state index contributed by atoms with van der Waals surface area (Å²) in [7, 11) is 0. The lowest BCUT2D eigenvalue weighted by Gasteiger charge is -2.29. The molecule has 244 valence electrons. The van der Waals surface area contributed by atoms with Gasteiger partial charge in [-0.15, -0.1) is 11.3 Å². The molecule has 0 saturated carbocycles. The fourth-order valence-electron chi connectivity index (χ4n) is 7.67. The molecule has 8 rings (SSSR count). The van der Waals surface area contributed by atoms with Crippen molar-refractivity contribution in [2.24, 2.45) is 0 Å².